The molecule has 1 atom stereocenters. The van der Waals surface area contributed by atoms with Crippen LogP contribution in [0.5, 0.6) is 11.5 Å². The third-order valence-corrected chi connectivity index (χ3v) is 3.95. The number of ether oxygens (including phenoxy) is 2. The van der Waals surface area contributed by atoms with E-state index in [0.717, 1.165) is 24.0 Å². The second-order valence-corrected chi connectivity index (χ2v) is 5.06. The Balaban J connectivity index is 2.67. The summed E-state index contributed by atoms with van der Waals surface area (Å²) in [4.78, 5) is 0. The van der Waals surface area contributed by atoms with Gasteiger partial charge in [0.2, 0.25) is 0 Å². The molecule has 0 amide bonds. The Kier molecular flexibility index (Phi) is 3.23. The lowest BCUT2D eigenvalue weighted by Crippen LogP contribution is -2.32. The van der Waals surface area contributed by atoms with Gasteiger partial charge in [-0.25, -0.2) is 4.39 Å². The maximum Gasteiger partial charge on any atom is 0.197 e. The smallest absolute Gasteiger partial charge is 0.197 e. The highest BCUT2D eigenvalue weighted by molar-refractivity contribution is 5.57. The van der Waals surface area contributed by atoms with Crippen molar-refractivity contribution in [3.63, 3.8) is 0 Å². The summed E-state index contributed by atoms with van der Waals surface area (Å²) in [5.74, 6) is 0.269. The van der Waals surface area contributed by atoms with Gasteiger partial charge in [-0.2, -0.15) is 0 Å². The summed E-state index contributed by atoms with van der Waals surface area (Å²) in [5, 5.41) is 0. The first kappa shape index (κ1) is 13.1. The molecule has 3 nitrogen and oxygen atoms in total. The normalized spacial score (nSPS) is 18.3. The monoisotopic (exact) mass is 253 g/mol. The molecule has 1 saturated carbocycles. The molecular weight excluding hydrogens is 233 g/mol. The molecule has 0 heterocycles. The van der Waals surface area contributed by atoms with Crippen LogP contribution >= 0.6 is 0 Å². The van der Waals surface area contributed by atoms with Crippen molar-refractivity contribution < 1.29 is 13.9 Å². The number of methoxy groups -OCH3 is 2. The average molecular weight is 253 g/mol. The third-order valence-electron chi connectivity index (χ3n) is 3.95. The van der Waals surface area contributed by atoms with Crippen LogP contribution in [-0.4, -0.2) is 20.3 Å². The number of nitrogens with two attached hydrogens (primary N) is 1. The van der Waals surface area contributed by atoms with Crippen LogP contribution in [0.3, 0.4) is 0 Å². The van der Waals surface area contributed by atoms with Crippen LogP contribution in [0, 0.1) is 12.7 Å². The van der Waals surface area contributed by atoms with Crippen molar-refractivity contribution in [2.45, 2.75) is 38.1 Å². The van der Waals surface area contributed by atoms with Gasteiger partial charge in [0.25, 0.3) is 0 Å². The van der Waals surface area contributed by atoms with Gasteiger partial charge in [-0.05, 0) is 38.3 Å². The highest BCUT2D eigenvalue weighted by atomic mass is 19.1. The molecule has 0 saturated heterocycles. The number of benzene rings is 1. The van der Waals surface area contributed by atoms with Crippen LogP contribution in [0.1, 0.15) is 30.9 Å². The molecule has 2 rings (SSSR count). The second-order valence-electron chi connectivity index (χ2n) is 5.06. The first-order valence-corrected chi connectivity index (χ1v) is 6.15. The summed E-state index contributed by atoms with van der Waals surface area (Å²) in [7, 11) is 2.99. The first-order valence-electron chi connectivity index (χ1n) is 6.15. The van der Waals surface area contributed by atoms with Crippen molar-refractivity contribution in [3.05, 3.63) is 23.0 Å². The zero-order chi connectivity index (χ0) is 13.5. The van der Waals surface area contributed by atoms with E-state index in [1.807, 2.05) is 13.8 Å². The second kappa shape index (κ2) is 4.43. The lowest BCUT2D eigenvalue weighted by Gasteiger charge is -2.26. The molecular formula is C14H20FNO2. The maximum absolute atomic E-state index is 13.9. The molecule has 0 aliphatic heterocycles. The molecule has 4 heteroatoms. The highest BCUT2D eigenvalue weighted by Crippen LogP contribution is 2.56. The molecule has 0 radical (unpaired) electrons. The maximum atomic E-state index is 13.9. The minimum atomic E-state index is -0.393. The Morgan fingerprint density at radius 3 is 2.22 bits per heavy atom. The van der Waals surface area contributed by atoms with E-state index in [-0.39, 0.29) is 17.2 Å². The van der Waals surface area contributed by atoms with E-state index in [1.54, 1.807) is 0 Å². The number of aryl methyl sites for hydroxylation is 1. The van der Waals surface area contributed by atoms with Crippen molar-refractivity contribution in [2.75, 3.05) is 14.2 Å². The molecule has 0 bridgehead atoms. The van der Waals surface area contributed by atoms with Crippen molar-refractivity contribution in [1.82, 2.24) is 0 Å². The van der Waals surface area contributed by atoms with Crippen molar-refractivity contribution in [2.24, 2.45) is 5.73 Å². The van der Waals surface area contributed by atoms with E-state index in [9.17, 15) is 4.39 Å². The average Bonchev–Trinajstić information content (AvgIpc) is 3.09. The number of rotatable bonds is 4. The van der Waals surface area contributed by atoms with Crippen molar-refractivity contribution >= 4 is 0 Å². The summed E-state index contributed by atoms with van der Waals surface area (Å²) in [5.41, 5.74) is 7.88. The van der Waals surface area contributed by atoms with E-state index >= 15 is 0 Å². The standard InChI is InChI=1S/C14H20FNO2/c1-8-7-10(15)12(17-3)13(18-4)11(8)14(5-6-14)9(2)16/h7,9H,5-6,16H2,1-4H3. The minimum absolute atomic E-state index is 0.0141. The lowest BCUT2D eigenvalue weighted by atomic mass is 9.85. The van der Waals surface area contributed by atoms with E-state index in [2.05, 4.69) is 0 Å². The fourth-order valence-electron chi connectivity index (χ4n) is 2.80. The van der Waals surface area contributed by atoms with Gasteiger partial charge in [-0.15, -0.1) is 0 Å². The van der Waals surface area contributed by atoms with Gasteiger partial charge in [0.15, 0.2) is 17.3 Å². The molecule has 100 valence electrons. The van der Waals surface area contributed by atoms with Crippen molar-refractivity contribution in [1.29, 1.82) is 0 Å². The molecule has 1 aromatic rings. The van der Waals surface area contributed by atoms with E-state index in [4.69, 9.17) is 15.2 Å². The Morgan fingerprint density at radius 1 is 1.28 bits per heavy atom. The summed E-state index contributed by atoms with van der Waals surface area (Å²) in [6, 6.07) is 1.51. The molecule has 2 N–H and O–H groups in total. The summed E-state index contributed by atoms with van der Waals surface area (Å²) >= 11 is 0. The van der Waals surface area contributed by atoms with Gasteiger partial charge in [0, 0.05) is 17.0 Å². The Morgan fingerprint density at radius 2 is 1.83 bits per heavy atom. The fraction of sp³-hybridized carbons (Fsp3) is 0.571. The summed E-state index contributed by atoms with van der Waals surface area (Å²) in [6.45, 7) is 3.88. The first-order chi connectivity index (χ1) is 8.47. The van der Waals surface area contributed by atoms with Crippen LogP contribution in [-0.2, 0) is 5.41 Å². The SMILES string of the molecule is COc1c(F)cc(C)c(C2(C(C)N)CC2)c1OC. The zero-order valence-electron chi connectivity index (χ0n) is 11.3. The van der Waals surface area contributed by atoms with E-state index in [1.165, 1.54) is 20.3 Å². The van der Waals surface area contributed by atoms with Crippen LogP contribution in [0.25, 0.3) is 0 Å². The van der Waals surface area contributed by atoms with E-state index in [0.29, 0.717) is 5.75 Å². The van der Waals surface area contributed by atoms with Gasteiger partial charge in [0.05, 0.1) is 14.2 Å². The van der Waals surface area contributed by atoms with Crippen LogP contribution < -0.4 is 15.2 Å². The summed E-state index contributed by atoms with van der Waals surface area (Å²) < 4.78 is 24.4. The molecule has 1 unspecified atom stereocenters. The molecule has 1 fully saturated rings. The molecule has 0 aromatic heterocycles. The largest absolute Gasteiger partial charge is 0.492 e. The van der Waals surface area contributed by atoms with Crippen LogP contribution in [0.2, 0.25) is 0 Å². The predicted octanol–water partition coefficient (Wildman–Crippen LogP) is 2.53. The molecule has 1 aliphatic rings. The molecule has 0 spiro atoms. The predicted molar refractivity (Wildman–Crippen MR) is 68.8 cm³/mol. The molecule has 1 aliphatic carbocycles. The fourth-order valence-corrected chi connectivity index (χ4v) is 2.80. The third kappa shape index (κ3) is 1.75. The van der Waals surface area contributed by atoms with Crippen molar-refractivity contribution in [3.8, 4) is 11.5 Å². The minimum Gasteiger partial charge on any atom is -0.492 e. The quantitative estimate of drug-likeness (QED) is 0.896. The zero-order valence-corrected chi connectivity index (χ0v) is 11.3. The van der Waals surface area contributed by atoms with Gasteiger partial charge >= 0.3 is 0 Å². The summed E-state index contributed by atoms with van der Waals surface area (Å²) in [6.07, 6.45) is 2.02. The highest BCUT2D eigenvalue weighted by Gasteiger charge is 2.50. The topological polar surface area (TPSA) is 44.5 Å². The van der Waals surface area contributed by atoms with Crippen LogP contribution in [0.4, 0.5) is 4.39 Å². The van der Waals surface area contributed by atoms with E-state index < -0.39 is 5.82 Å². The van der Waals surface area contributed by atoms with Gasteiger partial charge in [0.1, 0.15) is 0 Å². The number of halogens is 1. The van der Waals surface area contributed by atoms with Gasteiger partial charge in [-0.1, -0.05) is 0 Å². The lowest BCUT2D eigenvalue weighted by molar-refractivity contribution is 0.329. The van der Waals surface area contributed by atoms with Crippen LogP contribution in [0.15, 0.2) is 6.07 Å². The Labute approximate surface area is 107 Å². The Bertz CT molecular complexity index is 467. The number of hydrogen-bond acceptors (Lipinski definition) is 3. The molecule has 1 aromatic carbocycles. The van der Waals surface area contributed by atoms with Gasteiger partial charge in [-0.3, -0.25) is 0 Å². The Hall–Kier alpha value is -1.29. The van der Waals surface area contributed by atoms with Gasteiger partial charge < -0.3 is 15.2 Å². The number of hydrogen-bond donors (Lipinski definition) is 1. The molecule has 18 heavy (non-hydrogen) atoms.